The van der Waals surface area contributed by atoms with Crippen molar-refractivity contribution in [3.63, 3.8) is 0 Å². The molecule has 0 aromatic heterocycles. The molecule has 1 saturated heterocycles. The molecule has 1 aliphatic heterocycles. The van der Waals surface area contributed by atoms with Crippen molar-refractivity contribution in [1.29, 1.82) is 0 Å². The number of nitrogens with zero attached hydrogens (tertiary/aromatic N) is 4. The monoisotopic (exact) mass is 270 g/mol. The molecule has 19 heavy (non-hydrogen) atoms. The molecule has 1 unspecified atom stereocenters. The standard InChI is InChI=1S/C12H22N4O3/c1-12(2,3)19-11(18)16-6-4-9(5-7-16)10(8-17)14-15-13/h9-10,17H,4-8H2,1-3H3. The first-order valence-corrected chi connectivity index (χ1v) is 6.50. The van der Waals surface area contributed by atoms with Crippen LogP contribution in [0.2, 0.25) is 0 Å². The maximum Gasteiger partial charge on any atom is 0.410 e. The van der Waals surface area contributed by atoms with E-state index in [-0.39, 0.29) is 18.6 Å². The summed E-state index contributed by atoms with van der Waals surface area (Å²) >= 11 is 0. The molecule has 0 aromatic carbocycles. The van der Waals surface area contributed by atoms with Gasteiger partial charge in [0.2, 0.25) is 0 Å². The van der Waals surface area contributed by atoms with Gasteiger partial charge >= 0.3 is 6.09 Å². The zero-order valence-corrected chi connectivity index (χ0v) is 11.7. The van der Waals surface area contributed by atoms with Crippen LogP contribution in [-0.4, -0.2) is 47.4 Å². The Morgan fingerprint density at radius 2 is 2.11 bits per heavy atom. The van der Waals surface area contributed by atoms with Crippen LogP contribution in [-0.2, 0) is 4.74 Å². The molecule has 1 aliphatic rings. The molecule has 108 valence electrons. The predicted molar refractivity (Wildman–Crippen MR) is 70.6 cm³/mol. The van der Waals surface area contributed by atoms with E-state index in [9.17, 15) is 4.79 Å². The number of amides is 1. The molecule has 7 nitrogen and oxygen atoms in total. The highest BCUT2D eigenvalue weighted by Crippen LogP contribution is 2.24. The molecule has 0 aromatic rings. The number of likely N-dealkylation sites (tertiary alicyclic amines) is 1. The fourth-order valence-electron chi connectivity index (χ4n) is 2.14. The molecule has 0 radical (unpaired) electrons. The van der Waals surface area contributed by atoms with Gasteiger partial charge in [-0.1, -0.05) is 5.11 Å². The first-order valence-electron chi connectivity index (χ1n) is 6.50. The van der Waals surface area contributed by atoms with E-state index in [0.29, 0.717) is 25.9 Å². The molecule has 1 atom stereocenters. The molecule has 0 saturated carbocycles. The lowest BCUT2D eigenvalue weighted by molar-refractivity contribution is 0.0166. The van der Waals surface area contributed by atoms with Gasteiger partial charge in [-0.25, -0.2) is 4.79 Å². The van der Waals surface area contributed by atoms with Crippen LogP contribution in [0.25, 0.3) is 10.4 Å². The molecule has 1 amide bonds. The number of aliphatic hydroxyl groups is 1. The number of carbonyl (C=O) groups excluding carboxylic acids is 1. The van der Waals surface area contributed by atoms with E-state index in [1.807, 2.05) is 20.8 Å². The van der Waals surface area contributed by atoms with Crippen molar-refractivity contribution in [2.24, 2.45) is 11.0 Å². The third-order valence-corrected chi connectivity index (χ3v) is 3.12. The van der Waals surface area contributed by atoms with Crippen molar-refractivity contribution in [3.05, 3.63) is 10.4 Å². The summed E-state index contributed by atoms with van der Waals surface area (Å²) in [6.07, 6.45) is 1.11. The second-order valence-corrected chi connectivity index (χ2v) is 5.76. The molecule has 0 aliphatic carbocycles. The van der Waals surface area contributed by atoms with E-state index in [1.54, 1.807) is 4.90 Å². The van der Waals surface area contributed by atoms with Gasteiger partial charge in [0.25, 0.3) is 0 Å². The molecule has 1 fully saturated rings. The van der Waals surface area contributed by atoms with Gasteiger partial charge in [0.15, 0.2) is 0 Å². The van der Waals surface area contributed by atoms with E-state index < -0.39 is 11.6 Å². The lowest BCUT2D eigenvalue weighted by Gasteiger charge is -2.35. The maximum atomic E-state index is 11.9. The summed E-state index contributed by atoms with van der Waals surface area (Å²) in [5.41, 5.74) is 7.94. The van der Waals surface area contributed by atoms with Gasteiger partial charge in [0.1, 0.15) is 5.60 Å². The number of piperidine rings is 1. The number of carbonyl (C=O) groups is 1. The Balaban J connectivity index is 2.48. The van der Waals surface area contributed by atoms with Crippen LogP contribution in [0.5, 0.6) is 0 Å². The van der Waals surface area contributed by atoms with Gasteiger partial charge in [-0.2, -0.15) is 0 Å². The second-order valence-electron chi connectivity index (χ2n) is 5.76. The minimum absolute atomic E-state index is 0.125. The van der Waals surface area contributed by atoms with E-state index in [1.165, 1.54) is 0 Å². The number of hydrogen-bond acceptors (Lipinski definition) is 4. The smallest absolute Gasteiger partial charge is 0.410 e. The van der Waals surface area contributed by atoms with E-state index in [2.05, 4.69) is 10.0 Å². The third kappa shape index (κ3) is 4.96. The summed E-state index contributed by atoms with van der Waals surface area (Å²) in [4.78, 5) is 16.3. The SMILES string of the molecule is CC(C)(C)OC(=O)N1CCC(C(CO)N=[N+]=[N-])CC1. The Hall–Kier alpha value is -1.46. The molecular weight excluding hydrogens is 248 g/mol. The van der Waals surface area contributed by atoms with E-state index in [0.717, 1.165) is 0 Å². The van der Waals surface area contributed by atoms with Crippen LogP contribution in [0.4, 0.5) is 4.79 Å². The van der Waals surface area contributed by atoms with Crippen molar-refractivity contribution < 1.29 is 14.6 Å². The lowest BCUT2D eigenvalue weighted by Crippen LogP contribution is -2.43. The summed E-state index contributed by atoms with van der Waals surface area (Å²) in [5, 5.41) is 12.8. The molecule has 1 rings (SSSR count). The molecular formula is C12H22N4O3. The Bertz CT molecular complexity index is 352. The van der Waals surface area contributed by atoms with Crippen molar-refractivity contribution >= 4 is 6.09 Å². The van der Waals surface area contributed by atoms with Crippen LogP contribution in [0, 0.1) is 5.92 Å². The number of azide groups is 1. The number of ether oxygens (including phenoxy) is 1. The summed E-state index contributed by atoms with van der Waals surface area (Å²) in [6, 6.07) is -0.397. The highest BCUT2D eigenvalue weighted by atomic mass is 16.6. The van der Waals surface area contributed by atoms with Crippen molar-refractivity contribution in [3.8, 4) is 0 Å². The zero-order chi connectivity index (χ0) is 14.5. The zero-order valence-electron chi connectivity index (χ0n) is 11.7. The first kappa shape index (κ1) is 15.6. The van der Waals surface area contributed by atoms with Crippen LogP contribution in [0.1, 0.15) is 33.6 Å². The van der Waals surface area contributed by atoms with Gasteiger partial charge in [-0.05, 0) is 45.1 Å². The van der Waals surface area contributed by atoms with Crippen LogP contribution >= 0.6 is 0 Å². The van der Waals surface area contributed by atoms with Gasteiger partial charge in [-0.3, -0.25) is 0 Å². The van der Waals surface area contributed by atoms with Gasteiger partial charge in [-0.15, -0.1) is 0 Å². The van der Waals surface area contributed by atoms with Crippen LogP contribution in [0.15, 0.2) is 5.11 Å². The quantitative estimate of drug-likeness (QED) is 0.484. The first-order chi connectivity index (χ1) is 8.87. The maximum absolute atomic E-state index is 11.9. The fourth-order valence-corrected chi connectivity index (χ4v) is 2.14. The van der Waals surface area contributed by atoms with Crippen LogP contribution in [0.3, 0.4) is 0 Å². The van der Waals surface area contributed by atoms with E-state index >= 15 is 0 Å². The Labute approximate surface area is 113 Å². The lowest BCUT2D eigenvalue weighted by atomic mass is 9.90. The molecule has 1 N–H and O–H groups in total. The Kier molecular flexibility index (Phi) is 5.44. The van der Waals surface area contributed by atoms with E-state index in [4.69, 9.17) is 15.4 Å². The summed E-state index contributed by atoms with van der Waals surface area (Å²) in [7, 11) is 0. The Morgan fingerprint density at radius 1 is 1.53 bits per heavy atom. The highest BCUT2D eigenvalue weighted by Gasteiger charge is 2.29. The van der Waals surface area contributed by atoms with Crippen molar-refractivity contribution in [2.45, 2.75) is 45.3 Å². The summed E-state index contributed by atoms with van der Waals surface area (Å²) < 4.78 is 5.30. The van der Waals surface area contributed by atoms with Crippen LogP contribution < -0.4 is 0 Å². The van der Waals surface area contributed by atoms with Gasteiger partial charge < -0.3 is 14.7 Å². The molecule has 7 heteroatoms. The minimum Gasteiger partial charge on any atom is -0.444 e. The fraction of sp³-hybridized carbons (Fsp3) is 0.917. The largest absolute Gasteiger partial charge is 0.444 e. The molecule has 1 heterocycles. The topological polar surface area (TPSA) is 98.5 Å². The highest BCUT2D eigenvalue weighted by molar-refractivity contribution is 5.68. The summed E-state index contributed by atoms with van der Waals surface area (Å²) in [6.45, 7) is 6.48. The number of aliphatic hydroxyl groups excluding tert-OH is 1. The van der Waals surface area contributed by atoms with Gasteiger partial charge in [0.05, 0.1) is 12.6 Å². The minimum atomic E-state index is -0.493. The molecule has 0 spiro atoms. The normalized spacial score (nSPS) is 18.6. The summed E-state index contributed by atoms with van der Waals surface area (Å²) in [5.74, 6) is 0.125. The Morgan fingerprint density at radius 3 is 2.53 bits per heavy atom. The average Bonchev–Trinajstić information content (AvgIpc) is 2.34. The number of rotatable bonds is 3. The average molecular weight is 270 g/mol. The molecule has 0 bridgehead atoms. The predicted octanol–water partition coefficient (Wildman–Crippen LogP) is 2.30. The van der Waals surface area contributed by atoms with Gasteiger partial charge in [0, 0.05) is 18.0 Å². The third-order valence-electron chi connectivity index (χ3n) is 3.12. The second kappa shape index (κ2) is 6.63. The van der Waals surface area contributed by atoms with Crippen molar-refractivity contribution in [1.82, 2.24) is 4.90 Å². The van der Waals surface area contributed by atoms with Crippen molar-refractivity contribution in [2.75, 3.05) is 19.7 Å². The number of hydrogen-bond donors (Lipinski definition) is 1.